The van der Waals surface area contributed by atoms with Crippen molar-refractivity contribution in [2.75, 3.05) is 5.32 Å². The smallest absolute Gasteiger partial charge is 0.271 e. The topological polar surface area (TPSA) is 66.9 Å². The molecule has 0 aliphatic carbocycles. The quantitative estimate of drug-likeness (QED) is 0.905. The van der Waals surface area contributed by atoms with Crippen molar-refractivity contribution in [2.45, 2.75) is 46.6 Å². The summed E-state index contributed by atoms with van der Waals surface area (Å²) < 4.78 is 0. The van der Waals surface area contributed by atoms with Gasteiger partial charge in [-0.3, -0.25) is 4.79 Å². The Hall–Kier alpha value is -2.43. The third-order valence-corrected chi connectivity index (χ3v) is 3.37. The third kappa shape index (κ3) is 4.52. The number of carbonyl (C=O) groups is 1. The molecule has 0 atom stereocenters. The Balaban J connectivity index is 2.17. The van der Waals surface area contributed by atoms with Crippen molar-refractivity contribution in [2.24, 2.45) is 0 Å². The van der Waals surface area contributed by atoms with E-state index in [0.29, 0.717) is 11.5 Å². The van der Waals surface area contributed by atoms with Gasteiger partial charge in [0.05, 0.1) is 12.4 Å². The summed E-state index contributed by atoms with van der Waals surface area (Å²) in [6, 6.07) is 6.19. The van der Waals surface area contributed by atoms with Gasteiger partial charge in [0.2, 0.25) is 0 Å². The summed E-state index contributed by atoms with van der Waals surface area (Å²) >= 11 is 0. The van der Waals surface area contributed by atoms with Crippen LogP contribution >= 0.6 is 0 Å². The minimum Gasteiger partial charge on any atom is -0.346 e. The Morgan fingerprint density at radius 2 is 1.91 bits per heavy atom. The Kier molecular flexibility index (Phi) is 4.98. The molecule has 0 radical (unpaired) electrons. The molecule has 1 aromatic carbocycles. The Morgan fingerprint density at radius 1 is 1.17 bits per heavy atom. The molecule has 2 aromatic rings. The van der Waals surface area contributed by atoms with Crippen LogP contribution in [0.15, 0.2) is 30.6 Å². The lowest BCUT2D eigenvalue weighted by atomic mass is 10.1. The molecule has 5 heteroatoms. The molecule has 0 aliphatic heterocycles. The van der Waals surface area contributed by atoms with E-state index in [-0.39, 0.29) is 11.4 Å². The highest BCUT2D eigenvalue weighted by molar-refractivity contribution is 5.92. The van der Waals surface area contributed by atoms with Crippen molar-refractivity contribution in [1.82, 2.24) is 15.3 Å². The molecule has 0 spiro atoms. The molecule has 0 fully saturated rings. The highest BCUT2D eigenvalue weighted by Crippen LogP contribution is 2.24. The molecular formula is C18H24N4O. The first-order valence-electron chi connectivity index (χ1n) is 7.80. The Bertz CT molecular complexity index is 687. The number of nitrogens with zero attached hydrogens (tertiary/aromatic N) is 2. The maximum atomic E-state index is 12.1. The molecule has 2 N–H and O–H groups in total. The lowest BCUT2D eigenvalue weighted by molar-refractivity contribution is 0.0914. The predicted octanol–water partition coefficient (Wildman–Crippen LogP) is 3.62. The normalized spacial score (nSPS) is 11.2. The van der Waals surface area contributed by atoms with Gasteiger partial charge in [0.25, 0.3) is 5.91 Å². The van der Waals surface area contributed by atoms with E-state index in [1.165, 1.54) is 11.8 Å². The predicted molar refractivity (Wildman–Crippen MR) is 93.1 cm³/mol. The van der Waals surface area contributed by atoms with Crippen molar-refractivity contribution < 1.29 is 4.79 Å². The van der Waals surface area contributed by atoms with Crippen LogP contribution in [-0.4, -0.2) is 21.4 Å². The first-order valence-corrected chi connectivity index (χ1v) is 7.80. The molecule has 5 nitrogen and oxygen atoms in total. The largest absolute Gasteiger partial charge is 0.346 e. The number of anilines is 2. The fraction of sp³-hybridized carbons (Fsp3) is 0.389. The van der Waals surface area contributed by atoms with Crippen LogP contribution in [0.1, 0.15) is 49.3 Å². The summed E-state index contributed by atoms with van der Waals surface area (Å²) in [4.78, 5) is 20.6. The van der Waals surface area contributed by atoms with E-state index >= 15 is 0 Å². The van der Waals surface area contributed by atoms with Gasteiger partial charge in [-0.2, -0.15) is 0 Å². The molecular weight excluding hydrogens is 288 g/mol. The lowest BCUT2D eigenvalue weighted by Gasteiger charge is -2.20. The summed E-state index contributed by atoms with van der Waals surface area (Å²) in [5, 5.41) is 6.17. The van der Waals surface area contributed by atoms with Gasteiger partial charge in [0.15, 0.2) is 0 Å². The minimum absolute atomic E-state index is 0.221. The van der Waals surface area contributed by atoms with Crippen molar-refractivity contribution in [1.29, 1.82) is 0 Å². The number of aromatic nitrogens is 2. The zero-order valence-corrected chi connectivity index (χ0v) is 14.4. The summed E-state index contributed by atoms with van der Waals surface area (Å²) in [5.41, 5.74) is 3.44. The Morgan fingerprint density at radius 3 is 2.48 bits per heavy atom. The van der Waals surface area contributed by atoms with E-state index in [9.17, 15) is 4.79 Å². The molecule has 0 unspecified atom stereocenters. The van der Waals surface area contributed by atoms with Crippen LogP contribution in [0.4, 0.5) is 11.5 Å². The van der Waals surface area contributed by atoms with Gasteiger partial charge in [-0.25, -0.2) is 9.97 Å². The average Bonchev–Trinajstić information content (AvgIpc) is 2.48. The second kappa shape index (κ2) is 6.77. The highest BCUT2D eigenvalue weighted by atomic mass is 16.2. The summed E-state index contributed by atoms with van der Waals surface area (Å²) in [6.07, 6.45) is 4.01. The molecule has 23 heavy (non-hydrogen) atoms. The van der Waals surface area contributed by atoms with Crippen LogP contribution < -0.4 is 10.6 Å². The number of nitrogens with one attached hydrogen (secondary N) is 2. The molecule has 1 heterocycles. The molecule has 0 saturated carbocycles. The molecule has 1 aromatic heterocycles. The second-order valence-electron chi connectivity index (χ2n) is 6.58. The number of aryl methyl sites for hydroxylation is 2. The van der Waals surface area contributed by atoms with Crippen LogP contribution in [0, 0.1) is 6.92 Å². The number of para-hydroxylation sites is 1. The van der Waals surface area contributed by atoms with Gasteiger partial charge in [-0.1, -0.05) is 25.1 Å². The SMILES string of the molecule is CCc1cccc(C)c1Nc1cnc(C(=O)NC(C)(C)C)cn1. The average molecular weight is 312 g/mol. The molecule has 2 rings (SSSR count). The van der Waals surface area contributed by atoms with Crippen LogP contribution in [0.5, 0.6) is 0 Å². The van der Waals surface area contributed by atoms with E-state index in [0.717, 1.165) is 17.7 Å². The zero-order chi connectivity index (χ0) is 17.0. The molecule has 122 valence electrons. The van der Waals surface area contributed by atoms with E-state index in [2.05, 4.69) is 46.6 Å². The van der Waals surface area contributed by atoms with Gasteiger partial charge in [0, 0.05) is 11.2 Å². The van der Waals surface area contributed by atoms with Crippen molar-refractivity contribution >= 4 is 17.4 Å². The Labute approximate surface area is 137 Å². The minimum atomic E-state index is -0.299. The van der Waals surface area contributed by atoms with Gasteiger partial charge < -0.3 is 10.6 Å². The number of hydrogen-bond acceptors (Lipinski definition) is 4. The van der Waals surface area contributed by atoms with Gasteiger partial charge >= 0.3 is 0 Å². The number of rotatable bonds is 4. The van der Waals surface area contributed by atoms with Crippen molar-refractivity contribution in [3.63, 3.8) is 0 Å². The van der Waals surface area contributed by atoms with Gasteiger partial charge in [-0.05, 0) is 45.2 Å². The standard InChI is InChI=1S/C18H24N4O/c1-6-13-9-7-8-12(2)16(13)21-15-11-19-14(10-20-15)17(23)22-18(3,4)5/h7-11H,6H2,1-5H3,(H,20,21)(H,22,23). The number of carbonyl (C=O) groups excluding carboxylic acids is 1. The second-order valence-corrected chi connectivity index (χ2v) is 6.58. The number of benzene rings is 1. The monoisotopic (exact) mass is 312 g/mol. The highest BCUT2D eigenvalue weighted by Gasteiger charge is 2.16. The van der Waals surface area contributed by atoms with Gasteiger partial charge in [-0.15, -0.1) is 0 Å². The van der Waals surface area contributed by atoms with Gasteiger partial charge in [0.1, 0.15) is 11.5 Å². The van der Waals surface area contributed by atoms with Crippen LogP contribution in [0.25, 0.3) is 0 Å². The van der Waals surface area contributed by atoms with Crippen molar-refractivity contribution in [3.05, 3.63) is 47.4 Å². The summed E-state index contributed by atoms with van der Waals surface area (Å²) in [7, 11) is 0. The molecule has 1 amide bonds. The molecule has 0 saturated heterocycles. The first kappa shape index (κ1) is 16.9. The number of hydrogen-bond donors (Lipinski definition) is 2. The van der Waals surface area contributed by atoms with E-state index in [4.69, 9.17) is 0 Å². The van der Waals surface area contributed by atoms with E-state index < -0.39 is 0 Å². The number of amides is 1. The lowest BCUT2D eigenvalue weighted by Crippen LogP contribution is -2.40. The van der Waals surface area contributed by atoms with Crippen LogP contribution in [0.2, 0.25) is 0 Å². The third-order valence-electron chi connectivity index (χ3n) is 3.37. The van der Waals surface area contributed by atoms with E-state index in [1.54, 1.807) is 6.20 Å². The fourth-order valence-electron chi connectivity index (χ4n) is 2.24. The fourth-order valence-corrected chi connectivity index (χ4v) is 2.24. The van der Waals surface area contributed by atoms with Crippen LogP contribution in [-0.2, 0) is 6.42 Å². The maximum absolute atomic E-state index is 12.1. The molecule has 0 bridgehead atoms. The molecule has 0 aliphatic rings. The van der Waals surface area contributed by atoms with E-state index in [1.807, 2.05) is 26.8 Å². The van der Waals surface area contributed by atoms with Crippen molar-refractivity contribution in [3.8, 4) is 0 Å². The summed E-state index contributed by atoms with van der Waals surface area (Å²) in [6.45, 7) is 9.96. The maximum Gasteiger partial charge on any atom is 0.271 e. The summed E-state index contributed by atoms with van der Waals surface area (Å²) in [5.74, 6) is 0.406. The first-order chi connectivity index (χ1) is 10.8. The zero-order valence-electron chi connectivity index (χ0n) is 14.4. The van der Waals surface area contributed by atoms with Crippen LogP contribution in [0.3, 0.4) is 0 Å².